The lowest BCUT2D eigenvalue weighted by atomic mass is 9.96. The maximum Gasteiger partial charge on any atom is 0.336 e. The minimum Gasteiger partial charge on any atom is -0.463 e. The number of carbonyl (C=O) groups is 10. The first-order valence-electron chi connectivity index (χ1n) is 23.3. The predicted molar refractivity (Wildman–Crippen MR) is 242 cm³/mol. The average molecular weight is 1080 g/mol. The van der Waals surface area contributed by atoms with Crippen LogP contribution in [0.5, 0.6) is 5.75 Å². The van der Waals surface area contributed by atoms with Crippen LogP contribution in [-0.4, -0.2) is 172 Å². The minimum atomic E-state index is -1.92. The Morgan fingerprint density at radius 3 is 1.11 bits per heavy atom. The Hall–Kier alpha value is -7.27. The molecular formula is C48H58O28. The van der Waals surface area contributed by atoms with Gasteiger partial charge in [0.05, 0.1) is 13.2 Å². The van der Waals surface area contributed by atoms with Gasteiger partial charge in [0.1, 0.15) is 36.3 Å². The molecule has 0 unspecified atom stereocenters. The van der Waals surface area contributed by atoms with E-state index in [9.17, 15) is 52.7 Å². The van der Waals surface area contributed by atoms with Gasteiger partial charge in [-0.1, -0.05) is 0 Å². The smallest absolute Gasteiger partial charge is 0.336 e. The van der Waals surface area contributed by atoms with E-state index in [-0.39, 0.29) is 11.3 Å². The number of fused-ring (bicyclic) bond motifs is 1. The fourth-order valence-electron chi connectivity index (χ4n) is 8.42. The van der Waals surface area contributed by atoms with Gasteiger partial charge in [-0.05, 0) is 24.6 Å². The zero-order valence-electron chi connectivity index (χ0n) is 43.0. The van der Waals surface area contributed by atoms with Gasteiger partial charge in [-0.25, -0.2) is 4.79 Å². The van der Waals surface area contributed by atoms with E-state index in [1.807, 2.05) is 0 Å². The van der Waals surface area contributed by atoms with E-state index in [2.05, 4.69) is 0 Å². The topological polar surface area (TPSA) is 349 Å². The van der Waals surface area contributed by atoms with Gasteiger partial charge in [-0.3, -0.25) is 47.9 Å². The van der Waals surface area contributed by atoms with Gasteiger partial charge in [0.25, 0.3) is 0 Å². The fourth-order valence-corrected chi connectivity index (χ4v) is 8.42. The molecule has 2 aromatic rings. The van der Waals surface area contributed by atoms with Crippen molar-refractivity contribution in [3.05, 3.63) is 40.2 Å². The highest BCUT2D eigenvalue weighted by molar-refractivity contribution is 5.81. The Bertz CT molecular complexity index is 2550. The van der Waals surface area contributed by atoms with Crippen LogP contribution in [0.1, 0.15) is 74.8 Å². The SMILES string of the molecule is CC(=O)OC[C@H]1O[C@@H](OC[C@@H]2O[C@H](OC[C@H]3O[C@@H](Oc4ccc5c(C)cc(=O)oc5c4)[C@H](OC(C)=O)[C@@H](OC(C)=O)[C@@H]3OC(C)=O)[C@@H](OC(C)=O)[C@H](OC(C)=O)[C@H]2OC(C)=O)[C@H](OC(C)=O)[C@@H](OC(C)=O)[C@@H]1OC(C)=O. The number of rotatable bonds is 19. The van der Waals surface area contributed by atoms with Crippen LogP contribution in [0.25, 0.3) is 11.0 Å². The second-order valence-corrected chi connectivity index (χ2v) is 17.3. The van der Waals surface area contributed by atoms with Gasteiger partial charge in [0.2, 0.25) is 12.4 Å². The van der Waals surface area contributed by atoms with Gasteiger partial charge in [-0.15, -0.1) is 0 Å². The second kappa shape index (κ2) is 26.5. The highest BCUT2D eigenvalue weighted by Gasteiger charge is 2.58. The Morgan fingerprint density at radius 2 is 0.737 bits per heavy atom. The summed E-state index contributed by atoms with van der Waals surface area (Å²) >= 11 is 0. The highest BCUT2D eigenvalue weighted by atomic mass is 16.8. The van der Waals surface area contributed by atoms with Crippen LogP contribution >= 0.6 is 0 Å². The summed E-state index contributed by atoms with van der Waals surface area (Å²) in [6.45, 7) is 9.45. The molecule has 0 saturated carbocycles. The van der Waals surface area contributed by atoms with E-state index in [1.165, 1.54) is 18.2 Å². The highest BCUT2D eigenvalue weighted by Crippen LogP contribution is 2.36. The molecule has 76 heavy (non-hydrogen) atoms. The molecule has 0 spiro atoms. The maximum atomic E-state index is 12.8. The van der Waals surface area contributed by atoms with Crippen LogP contribution in [0.15, 0.2) is 33.5 Å². The third kappa shape index (κ3) is 16.4. The number of hydrogen-bond acceptors (Lipinski definition) is 28. The molecule has 3 fully saturated rings. The molecule has 1 aromatic heterocycles. The summed E-state index contributed by atoms with van der Waals surface area (Å²) in [6.07, 6.45) is -25.7. The Balaban J connectivity index is 1.57. The van der Waals surface area contributed by atoms with E-state index >= 15 is 0 Å². The van der Waals surface area contributed by atoms with Crippen LogP contribution in [0.3, 0.4) is 0 Å². The Labute approximate surface area is 432 Å². The summed E-state index contributed by atoms with van der Waals surface area (Å²) in [5.74, 6) is -9.50. The number of carbonyl (C=O) groups excluding carboxylic acids is 10. The van der Waals surface area contributed by atoms with Gasteiger partial charge >= 0.3 is 65.3 Å². The van der Waals surface area contributed by atoms with Crippen LogP contribution in [0.4, 0.5) is 0 Å². The summed E-state index contributed by atoms with van der Waals surface area (Å²) < 4.78 is 97.6. The second-order valence-electron chi connectivity index (χ2n) is 17.3. The number of hydrogen-bond donors (Lipinski definition) is 0. The number of benzene rings is 1. The lowest BCUT2D eigenvalue weighted by molar-refractivity contribution is -0.342. The van der Waals surface area contributed by atoms with Crippen molar-refractivity contribution < 1.29 is 128 Å². The third-order valence-electron chi connectivity index (χ3n) is 11.0. The first-order valence-corrected chi connectivity index (χ1v) is 23.3. The first kappa shape index (κ1) is 59.6. The Kier molecular flexibility index (Phi) is 20.8. The molecule has 15 atom stereocenters. The molecule has 3 aliphatic rings. The maximum absolute atomic E-state index is 12.8. The Morgan fingerprint density at radius 1 is 0.408 bits per heavy atom. The molecule has 4 heterocycles. The number of aryl methyl sites for hydroxylation is 1. The molecule has 0 radical (unpaired) electrons. The zero-order valence-corrected chi connectivity index (χ0v) is 43.0. The summed E-state index contributed by atoms with van der Waals surface area (Å²) in [7, 11) is 0. The van der Waals surface area contributed by atoms with Crippen molar-refractivity contribution in [3.63, 3.8) is 0 Å². The van der Waals surface area contributed by atoms with Crippen LogP contribution in [0, 0.1) is 6.92 Å². The van der Waals surface area contributed by atoms with Gasteiger partial charge in [0, 0.05) is 86.8 Å². The third-order valence-corrected chi connectivity index (χ3v) is 11.0. The molecule has 0 bridgehead atoms. The van der Waals surface area contributed by atoms with E-state index in [0.717, 1.165) is 69.2 Å². The van der Waals surface area contributed by atoms with Crippen molar-refractivity contribution in [1.29, 1.82) is 0 Å². The first-order chi connectivity index (χ1) is 35.7. The van der Waals surface area contributed by atoms with E-state index in [0.29, 0.717) is 10.9 Å². The van der Waals surface area contributed by atoms with Crippen LogP contribution in [-0.2, 0) is 119 Å². The molecule has 0 aliphatic carbocycles. The molecule has 28 nitrogen and oxygen atoms in total. The van der Waals surface area contributed by atoms with Crippen molar-refractivity contribution in [1.82, 2.24) is 0 Å². The minimum absolute atomic E-state index is 0.0265. The zero-order chi connectivity index (χ0) is 56.3. The fraction of sp³-hybridized carbons (Fsp3) is 0.604. The molecule has 3 aliphatic heterocycles. The lowest BCUT2D eigenvalue weighted by Gasteiger charge is -2.47. The quantitative estimate of drug-likeness (QED) is 0.106. The number of ether oxygens (including phenoxy) is 16. The van der Waals surface area contributed by atoms with Crippen molar-refractivity contribution in [2.24, 2.45) is 0 Å². The van der Waals surface area contributed by atoms with Gasteiger partial charge in [0.15, 0.2) is 61.4 Å². The summed E-state index contributed by atoms with van der Waals surface area (Å²) in [6, 6.07) is 5.64. The largest absolute Gasteiger partial charge is 0.463 e. The standard InChI is InChI=1S/C48H58O28/c1-19-14-36(59)73-32-15-30(12-13-31(19)32)72-48-45(71-29(11)58)42(68-26(8)55)39(65-23(5)52)35(76-48)18-62-47-44(70-28(10)57)41(67-25(7)54)38(64-22(4)51)34(75-47)17-61-46-43(69-27(9)56)40(66-24(6)53)37(63-21(3)50)33(74-46)16-60-20(2)49/h12-15,33-35,37-48H,16-18H2,1-11H3/t33-,34+,35-,37-,38+,39-,40+,41-,42+,43-,44+,45-,46-,47+,48-/m1/s1. The average Bonchev–Trinajstić information content (AvgIpc) is 3.28. The van der Waals surface area contributed by atoms with Crippen molar-refractivity contribution in [2.45, 2.75) is 168 Å². The molecule has 1 aromatic carbocycles. The lowest BCUT2D eigenvalue weighted by Crippen LogP contribution is -2.66. The molecular weight excluding hydrogens is 1020 g/mol. The van der Waals surface area contributed by atoms with E-state index in [4.69, 9.17) is 80.2 Å². The molecule has 3 saturated heterocycles. The van der Waals surface area contributed by atoms with Gasteiger partial charge < -0.3 is 80.2 Å². The van der Waals surface area contributed by atoms with Crippen LogP contribution in [0.2, 0.25) is 0 Å². The number of esters is 10. The van der Waals surface area contributed by atoms with Crippen molar-refractivity contribution >= 4 is 70.7 Å². The molecule has 0 amide bonds. The normalized spacial score (nSPS) is 29.0. The predicted octanol–water partition coefficient (Wildman–Crippen LogP) is 0.637. The monoisotopic (exact) mass is 1080 g/mol. The van der Waals surface area contributed by atoms with E-state index < -0.39 is 177 Å². The molecule has 5 rings (SSSR count). The summed E-state index contributed by atoms with van der Waals surface area (Å²) in [5.41, 5.74) is -0.0149. The summed E-state index contributed by atoms with van der Waals surface area (Å²) in [4.78, 5) is 138. The summed E-state index contributed by atoms with van der Waals surface area (Å²) in [5, 5.41) is 0.534. The van der Waals surface area contributed by atoms with Crippen molar-refractivity contribution in [2.75, 3.05) is 19.8 Å². The molecule has 418 valence electrons. The van der Waals surface area contributed by atoms with Crippen molar-refractivity contribution in [3.8, 4) is 5.75 Å². The molecule has 28 heteroatoms. The van der Waals surface area contributed by atoms with E-state index in [1.54, 1.807) is 13.0 Å². The van der Waals surface area contributed by atoms with Crippen LogP contribution < -0.4 is 10.4 Å². The molecule has 0 N–H and O–H groups in total. The van der Waals surface area contributed by atoms with Gasteiger partial charge in [-0.2, -0.15) is 0 Å².